The van der Waals surface area contributed by atoms with Gasteiger partial charge in [0.2, 0.25) is 0 Å². The fraction of sp³-hybridized carbons (Fsp3) is 0.167. The van der Waals surface area contributed by atoms with Gasteiger partial charge in [-0.25, -0.2) is 9.59 Å². The van der Waals surface area contributed by atoms with Gasteiger partial charge in [-0.3, -0.25) is 0 Å². The van der Waals surface area contributed by atoms with Crippen LogP contribution in [0.15, 0.2) is 0 Å². The van der Waals surface area contributed by atoms with Gasteiger partial charge in [0.15, 0.2) is 6.10 Å². The molecule has 0 unspecified atom stereocenters. The average Bonchev–Trinajstić information content (AvgIpc) is 2.76. The Morgan fingerprint density at radius 2 is 1.25 bits per heavy atom. The standard InChI is InChI=1S/C24H11O8P.H3N.2Na.18H2/c1-3-5-7-9-11-12-13-15-16-18-23(25)30-20-22(21-31-33(27,28)29)32-24(26)19-17-14-10-8-6-4-2;;;;;;;;;;;;;;;;;;;;;/h2,22H,20-21H2,1H3,(H2,27,28,29);1H3;;;18*1H/q;;2*+1;;;;;;;;;;;;;;;;;;/p-2/t22-;;;;;;;;;;;;;;;;;;;;;/m1...................../s1. The molecule has 0 bridgehead atoms. The second-order valence-corrected chi connectivity index (χ2v) is 5.79. The minimum atomic E-state index is -5.38. The van der Waals surface area contributed by atoms with Crippen molar-refractivity contribution in [3.63, 3.8) is 0 Å². The molecule has 0 aliphatic heterocycles. The minimum absolute atomic E-state index is 0. The van der Waals surface area contributed by atoms with Gasteiger partial charge in [0.05, 0.1) is 14.4 Å². The summed E-state index contributed by atoms with van der Waals surface area (Å²) in [5.41, 5.74) is 0. The molecule has 0 aromatic carbocycles. The normalized spacial score (nSPS) is 7.61. The Bertz CT molecular complexity index is 1420. The molecular weight excluding hydrogens is 507 g/mol. The van der Waals surface area contributed by atoms with Crippen LogP contribution in [0.5, 0.6) is 0 Å². The summed E-state index contributed by atoms with van der Waals surface area (Å²) in [6.45, 7) is 0.00477. The fourth-order valence-corrected chi connectivity index (χ4v) is 1.57. The van der Waals surface area contributed by atoms with E-state index in [1.807, 2.05) is 17.8 Å². The first-order valence-electron chi connectivity index (χ1n) is 8.22. The van der Waals surface area contributed by atoms with Crippen LogP contribution in [0, 0.1) is 107 Å². The van der Waals surface area contributed by atoms with Crippen LogP contribution >= 0.6 is 7.82 Å². The minimum Gasteiger partial charge on any atom is -0.790 e. The molecular formula is C24H48NNa2O8P. The maximum absolute atomic E-state index is 11.6. The van der Waals surface area contributed by atoms with E-state index in [-0.39, 0.29) is 90.9 Å². The zero-order valence-electron chi connectivity index (χ0n) is 19.5. The summed E-state index contributed by atoms with van der Waals surface area (Å²) in [6, 6.07) is 0. The van der Waals surface area contributed by atoms with Gasteiger partial charge in [0.25, 0.3) is 0 Å². The van der Waals surface area contributed by atoms with Crippen molar-refractivity contribution < 1.29 is 123 Å². The zero-order valence-corrected chi connectivity index (χ0v) is 24.4. The van der Waals surface area contributed by atoms with Crippen molar-refractivity contribution in [3.05, 3.63) is 0 Å². The van der Waals surface area contributed by atoms with Gasteiger partial charge in [0.1, 0.15) is 6.61 Å². The smallest absolute Gasteiger partial charge is 0.790 e. The third kappa shape index (κ3) is 29.1. The molecule has 36 heavy (non-hydrogen) atoms. The van der Waals surface area contributed by atoms with Crippen LogP contribution in [0.4, 0.5) is 0 Å². The summed E-state index contributed by atoms with van der Waals surface area (Å²) in [5.74, 6) is 35.9. The molecule has 0 aliphatic carbocycles. The van der Waals surface area contributed by atoms with Crippen molar-refractivity contribution in [2.45, 2.75) is 13.0 Å². The van der Waals surface area contributed by atoms with Crippen LogP contribution in [-0.2, 0) is 28.2 Å². The molecule has 204 valence electrons. The number of hydrogen-bond donors (Lipinski definition) is 1. The summed E-state index contributed by atoms with van der Waals surface area (Å²) < 4.78 is 24.1. The molecule has 0 aromatic rings. The SMILES string of the molecule is C#CC#CC#CC#CC(=O)O[C@H](COC(=O)C#CC#CC#CC#CC#CC)COP(=O)([O-])[O-].N.[HH].[HH].[HH].[HH].[HH].[HH].[HH].[HH].[HH].[HH].[HH].[HH].[HH].[HH].[HH].[HH].[HH].[HH].[Na+].[Na+]. The van der Waals surface area contributed by atoms with Gasteiger partial charge in [-0.15, -0.1) is 6.42 Å². The van der Waals surface area contributed by atoms with E-state index in [0.29, 0.717) is 0 Å². The third-order valence-corrected chi connectivity index (χ3v) is 2.77. The largest absolute Gasteiger partial charge is 1.00 e. The van der Waals surface area contributed by atoms with Crippen LogP contribution < -0.4 is 75.1 Å². The van der Waals surface area contributed by atoms with Crippen LogP contribution in [0.3, 0.4) is 0 Å². The van der Waals surface area contributed by atoms with Crippen LogP contribution in [0.2, 0.25) is 0 Å². The van der Waals surface area contributed by atoms with Crippen molar-refractivity contribution in [2.24, 2.45) is 0 Å². The molecule has 9 nitrogen and oxygen atoms in total. The average molecular weight is 556 g/mol. The Kier molecular flexibility index (Phi) is 29.8. The van der Waals surface area contributed by atoms with Gasteiger partial charge < -0.3 is 34.5 Å². The van der Waals surface area contributed by atoms with Gasteiger partial charge in [-0.2, -0.15) is 0 Å². The Hall–Kier alpha value is -2.95. The van der Waals surface area contributed by atoms with E-state index >= 15 is 0 Å². The molecule has 0 radical (unpaired) electrons. The molecule has 12 heteroatoms. The Balaban J connectivity index is -0.0000000244. The van der Waals surface area contributed by atoms with E-state index in [9.17, 15) is 23.9 Å². The Morgan fingerprint density at radius 1 is 0.806 bits per heavy atom. The Morgan fingerprint density at radius 3 is 1.72 bits per heavy atom. The van der Waals surface area contributed by atoms with E-state index < -0.39 is 39.1 Å². The van der Waals surface area contributed by atoms with Gasteiger partial charge in [-0.1, -0.05) is 5.92 Å². The van der Waals surface area contributed by atoms with Gasteiger partial charge >= 0.3 is 71.1 Å². The van der Waals surface area contributed by atoms with Crippen LogP contribution in [-0.4, -0.2) is 31.3 Å². The number of phosphoric acid groups is 1. The fourth-order valence-electron chi connectivity index (χ4n) is 1.22. The molecule has 1 atom stereocenters. The zero-order chi connectivity index (χ0) is 24.8. The van der Waals surface area contributed by atoms with Gasteiger partial charge in [0, 0.05) is 37.5 Å². The first-order valence-corrected chi connectivity index (χ1v) is 9.68. The van der Waals surface area contributed by atoms with E-state index in [4.69, 9.17) is 15.9 Å². The van der Waals surface area contributed by atoms with Crippen molar-refractivity contribution >= 4 is 19.8 Å². The van der Waals surface area contributed by atoms with Crippen molar-refractivity contribution in [2.75, 3.05) is 13.2 Å². The summed E-state index contributed by atoms with van der Waals surface area (Å²) in [7, 11) is -5.38. The molecule has 0 amide bonds. The molecule has 0 saturated heterocycles. The summed E-state index contributed by atoms with van der Waals surface area (Å²) in [6.07, 6.45) is 3.40. The summed E-state index contributed by atoms with van der Waals surface area (Å²) in [4.78, 5) is 44.5. The van der Waals surface area contributed by atoms with Crippen LogP contribution in [0.1, 0.15) is 32.6 Å². The van der Waals surface area contributed by atoms with E-state index in [2.05, 4.69) is 87.4 Å². The van der Waals surface area contributed by atoms with Crippen molar-refractivity contribution in [1.29, 1.82) is 0 Å². The van der Waals surface area contributed by atoms with E-state index in [1.165, 1.54) is 0 Å². The van der Waals surface area contributed by atoms with E-state index in [0.717, 1.165) is 0 Å². The molecule has 0 fully saturated rings. The maximum atomic E-state index is 11.6. The number of ether oxygens (including phenoxy) is 2. The predicted octanol–water partition coefficient (Wildman–Crippen LogP) is -3.43. The molecule has 0 aliphatic rings. The number of carbonyl (C=O) groups excluding carboxylic acids is 2. The summed E-state index contributed by atoms with van der Waals surface area (Å²) >= 11 is 0. The molecule has 0 spiro atoms. The Labute approximate surface area is 281 Å². The topological polar surface area (TPSA) is 160 Å². The van der Waals surface area contributed by atoms with Crippen LogP contribution in [0.25, 0.3) is 0 Å². The molecule has 0 aromatic heterocycles. The predicted molar refractivity (Wildman–Crippen MR) is 154 cm³/mol. The van der Waals surface area contributed by atoms with Crippen molar-refractivity contribution in [3.8, 4) is 107 Å². The molecule has 0 heterocycles. The first kappa shape index (κ1) is 40.2. The molecule has 0 saturated carbocycles. The quantitative estimate of drug-likeness (QED) is 0.116. The van der Waals surface area contributed by atoms with Crippen molar-refractivity contribution in [1.82, 2.24) is 6.15 Å². The monoisotopic (exact) mass is 555 g/mol. The number of carbonyl (C=O) groups is 2. The maximum Gasteiger partial charge on any atom is 1.00 e. The third-order valence-electron chi connectivity index (χ3n) is 2.31. The molecule has 0 rings (SSSR count). The van der Waals surface area contributed by atoms with E-state index in [1.54, 1.807) is 6.92 Å². The van der Waals surface area contributed by atoms with Gasteiger partial charge in [-0.05, 0) is 89.8 Å². The molecule has 3 N–H and O–H groups in total. The number of esters is 2. The number of hydrogen-bond acceptors (Lipinski definition) is 9. The number of phosphoric ester groups is 1. The second kappa shape index (κ2) is 26.7. The first-order chi connectivity index (χ1) is 15.8. The number of terminal acetylenes is 1. The second-order valence-electron chi connectivity index (χ2n) is 4.64. The summed E-state index contributed by atoms with van der Waals surface area (Å²) in [5, 5.41) is 0. The number of rotatable bonds is 6.